The average Bonchev–Trinajstić information content (AvgIpc) is 2.35. The smallest absolute Gasteiger partial charge is 0.328 e. The van der Waals surface area contributed by atoms with Crippen molar-refractivity contribution >= 4 is 17.3 Å². The van der Waals surface area contributed by atoms with Crippen molar-refractivity contribution in [2.75, 3.05) is 0 Å². The van der Waals surface area contributed by atoms with Crippen LogP contribution in [-0.4, -0.2) is 11.1 Å². The second kappa shape index (κ2) is 2.88. The number of aliphatic carboxylic acids is 1. The first-order valence-corrected chi connectivity index (χ1v) is 4.40. The Hall–Kier alpha value is -0.870. The van der Waals surface area contributed by atoms with E-state index in [0.717, 1.165) is 5.56 Å². The van der Waals surface area contributed by atoms with Crippen molar-refractivity contribution in [2.24, 2.45) is 5.73 Å². The van der Waals surface area contributed by atoms with Gasteiger partial charge in [-0.1, -0.05) is 0 Å². The molecule has 4 heteroatoms. The summed E-state index contributed by atoms with van der Waals surface area (Å²) in [6, 6.07) is 1.80. The van der Waals surface area contributed by atoms with Crippen LogP contribution in [0.3, 0.4) is 0 Å². The van der Waals surface area contributed by atoms with E-state index in [0.29, 0.717) is 4.88 Å². The molecule has 0 aliphatic carbocycles. The van der Waals surface area contributed by atoms with Gasteiger partial charge in [0.2, 0.25) is 0 Å². The van der Waals surface area contributed by atoms with Crippen molar-refractivity contribution in [1.82, 2.24) is 0 Å². The molecule has 1 aromatic heterocycles. The zero-order valence-electron chi connectivity index (χ0n) is 7.00. The molecule has 12 heavy (non-hydrogen) atoms. The van der Waals surface area contributed by atoms with Gasteiger partial charge >= 0.3 is 5.97 Å². The second-order valence-corrected chi connectivity index (χ2v) is 3.91. The fourth-order valence-corrected chi connectivity index (χ4v) is 1.78. The summed E-state index contributed by atoms with van der Waals surface area (Å²) in [5.41, 5.74) is 5.40. The Kier molecular flexibility index (Phi) is 2.21. The highest BCUT2D eigenvalue weighted by atomic mass is 32.1. The van der Waals surface area contributed by atoms with E-state index in [-0.39, 0.29) is 0 Å². The van der Waals surface area contributed by atoms with Crippen LogP contribution in [0.25, 0.3) is 0 Å². The van der Waals surface area contributed by atoms with Crippen molar-refractivity contribution in [2.45, 2.75) is 19.4 Å². The Morgan fingerprint density at radius 1 is 1.75 bits per heavy atom. The summed E-state index contributed by atoms with van der Waals surface area (Å²) in [6.45, 7) is 3.42. The third-order valence-electron chi connectivity index (χ3n) is 1.69. The van der Waals surface area contributed by atoms with Crippen molar-refractivity contribution in [1.29, 1.82) is 0 Å². The number of aryl methyl sites for hydroxylation is 1. The van der Waals surface area contributed by atoms with Crippen LogP contribution >= 0.6 is 11.3 Å². The van der Waals surface area contributed by atoms with Gasteiger partial charge in [-0.25, -0.2) is 4.79 Å². The standard InChI is InChI=1S/C8H11NO2S/c1-5-3-6(12-4-5)8(2,9)7(10)11/h3-4H,9H2,1-2H3,(H,10,11)/t8-/m0/s1. The maximum Gasteiger partial charge on any atom is 0.328 e. The number of carboxylic acids is 1. The third-order valence-corrected chi connectivity index (χ3v) is 2.97. The van der Waals surface area contributed by atoms with Crippen LogP contribution in [0.4, 0.5) is 0 Å². The van der Waals surface area contributed by atoms with Crippen LogP contribution in [0, 0.1) is 6.92 Å². The van der Waals surface area contributed by atoms with Crippen molar-refractivity contribution in [3.8, 4) is 0 Å². The van der Waals surface area contributed by atoms with Crippen molar-refractivity contribution in [3.63, 3.8) is 0 Å². The maximum absolute atomic E-state index is 10.7. The lowest BCUT2D eigenvalue weighted by atomic mass is 10.0. The van der Waals surface area contributed by atoms with Gasteiger partial charge in [-0.15, -0.1) is 11.3 Å². The lowest BCUT2D eigenvalue weighted by molar-refractivity contribution is -0.142. The molecular weight excluding hydrogens is 174 g/mol. The quantitative estimate of drug-likeness (QED) is 0.730. The molecular formula is C8H11NO2S. The molecule has 1 atom stereocenters. The van der Waals surface area contributed by atoms with Crippen LogP contribution < -0.4 is 5.73 Å². The fraction of sp³-hybridized carbons (Fsp3) is 0.375. The first-order valence-electron chi connectivity index (χ1n) is 3.52. The Labute approximate surface area is 74.8 Å². The Balaban J connectivity index is 3.05. The molecule has 0 radical (unpaired) electrons. The number of thiophene rings is 1. The molecule has 0 aromatic carbocycles. The minimum Gasteiger partial charge on any atom is -0.480 e. The molecule has 0 fully saturated rings. The van der Waals surface area contributed by atoms with Gasteiger partial charge in [-0.05, 0) is 30.9 Å². The first-order chi connectivity index (χ1) is 5.44. The number of carbonyl (C=O) groups is 1. The van der Waals surface area contributed by atoms with Gasteiger partial charge in [0.15, 0.2) is 0 Å². The van der Waals surface area contributed by atoms with E-state index in [4.69, 9.17) is 10.8 Å². The fourth-order valence-electron chi connectivity index (χ4n) is 0.809. The molecule has 0 bridgehead atoms. The van der Waals surface area contributed by atoms with E-state index >= 15 is 0 Å². The lowest BCUT2D eigenvalue weighted by Crippen LogP contribution is -2.40. The summed E-state index contributed by atoms with van der Waals surface area (Å²) in [7, 11) is 0. The van der Waals surface area contributed by atoms with E-state index in [1.807, 2.05) is 12.3 Å². The predicted octanol–water partition coefficient (Wildman–Crippen LogP) is 1.32. The molecule has 0 amide bonds. The first kappa shape index (κ1) is 9.22. The lowest BCUT2D eigenvalue weighted by Gasteiger charge is -2.16. The number of hydrogen-bond acceptors (Lipinski definition) is 3. The van der Waals surface area contributed by atoms with Crippen molar-refractivity contribution in [3.05, 3.63) is 21.9 Å². The maximum atomic E-state index is 10.7. The summed E-state index contributed by atoms with van der Waals surface area (Å²) in [5, 5.41) is 10.7. The zero-order valence-corrected chi connectivity index (χ0v) is 7.81. The molecule has 1 heterocycles. The average molecular weight is 185 g/mol. The van der Waals surface area contributed by atoms with E-state index in [9.17, 15) is 4.79 Å². The topological polar surface area (TPSA) is 63.3 Å². The molecule has 1 rings (SSSR count). The summed E-state index contributed by atoms with van der Waals surface area (Å²) in [4.78, 5) is 11.4. The monoisotopic (exact) mass is 185 g/mol. The Morgan fingerprint density at radius 3 is 2.67 bits per heavy atom. The molecule has 0 spiro atoms. The van der Waals surface area contributed by atoms with E-state index in [2.05, 4.69) is 0 Å². The van der Waals surface area contributed by atoms with Crippen LogP contribution in [-0.2, 0) is 10.3 Å². The molecule has 0 aliphatic heterocycles. The second-order valence-electron chi connectivity index (χ2n) is 3.00. The predicted molar refractivity (Wildman–Crippen MR) is 48.2 cm³/mol. The van der Waals surface area contributed by atoms with Crippen LogP contribution in [0.2, 0.25) is 0 Å². The van der Waals surface area contributed by atoms with Gasteiger partial charge in [0.1, 0.15) is 5.54 Å². The third kappa shape index (κ3) is 1.49. The van der Waals surface area contributed by atoms with E-state index < -0.39 is 11.5 Å². The Morgan fingerprint density at radius 2 is 2.33 bits per heavy atom. The van der Waals surface area contributed by atoms with Gasteiger partial charge in [0, 0.05) is 4.88 Å². The normalized spacial score (nSPS) is 15.6. The number of rotatable bonds is 2. The zero-order chi connectivity index (χ0) is 9.35. The highest BCUT2D eigenvalue weighted by Crippen LogP contribution is 2.25. The van der Waals surface area contributed by atoms with E-state index in [1.165, 1.54) is 18.3 Å². The number of nitrogens with two attached hydrogens (primary N) is 1. The summed E-state index contributed by atoms with van der Waals surface area (Å²) in [5.74, 6) is -0.996. The minimum absolute atomic E-state index is 0.688. The SMILES string of the molecule is Cc1csc([C@](C)(N)C(=O)O)c1. The molecule has 0 unspecified atom stereocenters. The minimum atomic E-state index is -1.25. The molecule has 0 saturated carbocycles. The Bertz CT molecular complexity index is 304. The largest absolute Gasteiger partial charge is 0.480 e. The van der Waals surface area contributed by atoms with Crippen LogP contribution in [0.15, 0.2) is 11.4 Å². The molecule has 66 valence electrons. The summed E-state index contributed by atoms with van der Waals surface area (Å²) >= 11 is 1.38. The molecule has 0 aliphatic rings. The van der Waals surface area contributed by atoms with Gasteiger partial charge < -0.3 is 10.8 Å². The summed E-state index contributed by atoms with van der Waals surface area (Å²) < 4.78 is 0. The molecule has 1 aromatic rings. The summed E-state index contributed by atoms with van der Waals surface area (Å²) in [6.07, 6.45) is 0. The van der Waals surface area contributed by atoms with Crippen LogP contribution in [0.1, 0.15) is 17.4 Å². The van der Waals surface area contributed by atoms with Crippen LogP contribution in [0.5, 0.6) is 0 Å². The number of hydrogen-bond donors (Lipinski definition) is 2. The van der Waals surface area contributed by atoms with Gasteiger partial charge in [-0.2, -0.15) is 0 Å². The highest BCUT2D eigenvalue weighted by Gasteiger charge is 2.31. The van der Waals surface area contributed by atoms with Crippen molar-refractivity contribution < 1.29 is 9.90 Å². The van der Waals surface area contributed by atoms with Gasteiger partial charge in [-0.3, -0.25) is 0 Å². The molecule has 3 nitrogen and oxygen atoms in total. The molecule has 0 saturated heterocycles. The van der Waals surface area contributed by atoms with Gasteiger partial charge in [0.05, 0.1) is 0 Å². The highest BCUT2D eigenvalue weighted by molar-refractivity contribution is 7.10. The van der Waals surface area contributed by atoms with E-state index in [1.54, 1.807) is 6.07 Å². The number of carboxylic acid groups (broad SMARTS) is 1. The van der Waals surface area contributed by atoms with Gasteiger partial charge in [0.25, 0.3) is 0 Å². The molecule has 3 N–H and O–H groups in total.